The largest absolute Gasteiger partial charge is 0.313 e. The highest BCUT2D eigenvalue weighted by molar-refractivity contribution is 6.01. The molecule has 2 atom stereocenters. The van der Waals surface area contributed by atoms with Crippen molar-refractivity contribution in [2.24, 2.45) is 5.92 Å². The fourth-order valence-corrected chi connectivity index (χ4v) is 8.75. The SMILES string of the molecule is CC1(C)C2=C(CCC=C2)c2ccc3c(c4c(n3C3=CC=C5C=CC=CC5C3)C=CC(c3ccc5c(c3)C=CCC5)C4)c21. The van der Waals surface area contributed by atoms with E-state index >= 15 is 0 Å². The summed E-state index contributed by atoms with van der Waals surface area (Å²) in [5.74, 6) is 0.843. The van der Waals surface area contributed by atoms with Crippen molar-refractivity contribution in [1.82, 2.24) is 4.57 Å². The molecule has 0 bridgehead atoms. The number of fused-ring (bicyclic) bond motifs is 8. The van der Waals surface area contributed by atoms with Crippen LogP contribution >= 0.6 is 0 Å². The Morgan fingerprint density at radius 3 is 2.67 bits per heavy atom. The Morgan fingerprint density at radius 2 is 1.71 bits per heavy atom. The van der Waals surface area contributed by atoms with Crippen molar-refractivity contribution < 1.29 is 0 Å². The number of aromatic nitrogens is 1. The highest BCUT2D eigenvalue weighted by atomic mass is 15.0. The minimum Gasteiger partial charge on any atom is -0.313 e. The van der Waals surface area contributed by atoms with E-state index in [-0.39, 0.29) is 5.41 Å². The number of nitrogens with zero attached hydrogens (tertiary/aromatic N) is 1. The van der Waals surface area contributed by atoms with E-state index in [1.54, 1.807) is 11.1 Å². The summed E-state index contributed by atoms with van der Waals surface area (Å²) in [7, 11) is 0. The summed E-state index contributed by atoms with van der Waals surface area (Å²) < 4.78 is 2.62. The van der Waals surface area contributed by atoms with E-state index in [1.165, 1.54) is 61.3 Å². The Morgan fingerprint density at radius 1 is 0.810 bits per heavy atom. The van der Waals surface area contributed by atoms with Gasteiger partial charge in [-0.3, -0.25) is 0 Å². The Balaban J connectivity index is 1.25. The topological polar surface area (TPSA) is 4.93 Å². The molecule has 1 nitrogen and oxygen atoms in total. The molecule has 0 saturated heterocycles. The van der Waals surface area contributed by atoms with Crippen LogP contribution in [0.1, 0.15) is 84.5 Å². The third-order valence-corrected chi connectivity index (χ3v) is 10.8. The van der Waals surface area contributed by atoms with Gasteiger partial charge in [0.15, 0.2) is 0 Å². The molecule has 0 radical (unpaired) electrons. The summed E-state index contributed by atoms with van der Waals surface area (Å²) in [6.45, 7) is 4.93. The van der Waals surface area contributed by atoms with Gasteiger partial charge in [-0.2, -0.15) is 0 Å². The summed E-state index contributed by atoms with van der Waals surface area (Å²) in [6, 6.07) is 12.1. The second-order valence-electron chi connectivity index (χ2n) is 13.5. The first-order valence-corrected chi connectivity index (χ1v) is 15.9. The molecule has 2 unspecified atom stereocenters. The van der Waals surface area contributed by atoms with E-state index < -0.39 is 0 Å². The molecule has 0 amide bonds. The molecule has 0 N–H and O–H groups in total. The standard InChI is InChI=1S/C41H37N/c1-41(2)36-14-8-7-13-33(36)34-20-22-38-39(40(34)41)35-25-31(30-16-15-26-9-3-5-11-28(26)23-30)18-21-37(35)42(38)32-19-17-27-10-4-6-12-29(27)24-32/h4-6,8,10-12,14-23,29,31H,3,7,9,13,24-25H2,1-2H3. The second kappa shape index (κ2) is 8.95. The lowest BCUT2D eigenvalue weighted by Crippen LogP contribution is -2.17. The van der Waals surface area contributed by atoms with Crippen LogP contribution in [0.15, 0.2) is 102 Å². The molecule has 1 heterocycles. The van der Waals surface area contributed by atoms with E-state index in [1.807, 2.05) is 0 Å². The Hall–Kier alpha value is -4.10. The number of allylic oxidation sites excluding steroid dienone is 14. The van der Waals surface area contributed by atoms with Crippen molar-refractivity contribution >= 4 is 34.3 Å². The maximum Gasteiger partial charge on any atom is 0.0537 e. The van der Waals surface area contributed by atoms with E-state index in [4.69, 9.17) is 0 Å². The summed E-state index contributed by atoms with van der Waals surface area (Å²) in [5, 5.41) is 1.51. The number of aryl methyl sites for hydroxylation is 1. The monoisotopic (exact) mass is 543 g/mol. The molecule has 0 aliphatic heterocycles. The van der Waals surface area contributed by atoms with Gasteiger partial charge in [0.25, 0.3) is 0 Å². The van der Waals surface area contributed by atoms with Crippen molar-refractivity contribution in [3.63, 3.8) is 0 Å². The maximum atomic E-state index is 2.62. The molecule has 3 aromatic rings. The molecule has 6 aliphatic rings. The van der Waals surface area contributed by atoms with Crippen LogP contribution in [-0.4, -0.2) is 4.57 Å². The summed E-state index contributed by atoms with van der Waals surface area (Å²) in [5.41, 5.74) is 17.7. The van der Waals surface area contributed by atoms with Gasteiger partial charge in [0.1, 0.15) is 0 Å². The first-order valence-electron chi connectivity index (χ1n) is 15.9. The van der Waals surface area contributed by atoms with E-state index in [0.717, 1.165) is 38.5 Å². The number of hydrogen-bond acceptors (Lipinski definition) is 0. The average Bonchev–Trinajstić information content (AvgIpc) is 3.49. The van der Waals surface area contributed by atoms with Crippen LogP contribution in [0.25, 0.3) is 34.3 Å². The lowest BCUT2D eigenvalue weighted by molar-refractivity contribution is 0.656. The van der Waals surface area contributed by atoms with Crippen LogP contribution in [0.5, 0.6) is 0 Å². The van der Waals surface area contributed by atoms with Gasteiger partial charge in [-0.15, -0.1) is 0 Å². The fourth-order valence-electron chi connectivity index (χ4n) is 8.75. The van der Waals surface area contributed by atoms with Crippen LogP contribution in [0, 0.1) is 5.92 Å². The molecule has 0 saturated carbocycles. The van der Waals surface area contributed by atoms with Crippen LogP contribution < -0.4 is 0 Å². The molecule has 6 aliphatic carbocycles. The highest BCUT2D eigenvalue weighted by Gasteiger charge is 2.41. The predicted molar refractivity (Wildman–Crippen MR) is 178 cm³/mol. The minimum absolute atomic E-state index is 0.000751. The normalized spacial score (nSPS) is 24.2. The lowest BCUT2D eigenvalue weighted by atomic mass is 9.77. The quantitative estimate of drug-likeness (QED) is 0.303. The van der Waals surface area contributed by atoms with Crippen molar-refractivity contribution in [2.45, 2.75) is 63.7 Å². The number of hydrogen-bond donors (Lipinski definition) is 0. The Labute approximate surface area is 249 Å². The smallest absolute Gasteiger partial charge is 0.0537 e. The van der Waals surface area contributed by atoms with Crippen LogP contribution in [0.4, 0.5) is 0 Å². The molecule has 1 heteroatoms. The second-order valence-corrected chi connectivity index (χ2v) is 13.5. The van der Waals surface area contributed by atoms with Crippen molar-refractivity contribution in [1.29, 1.82) is 0 Å². The summed E-state index contributed by atoms with van der Waals surface area (Å²) >= 11 is 0. The van der Waals surface area contributed by atoms with Crippen molar-refractivity contribution in [3.05, 3.63) is 141 Å². The number of benzene rings is 2. The molecule has 42 heavy (non-hydrogen) atoms. The molecule has 2 aromatic carbocycles. The number of rotatable bonds is 2. The van der Waals surface area contributed by atoms with Gasteiger partial charge in [-0.1, -0.05) is 98.9 Å². The van der Waals surface area contributed by atoms with Gasteiger partial charge >= 0.3 is 0 Å². The van der Waals surface area contributed by atoms with Gasteiger partial charge < -0.3 is 4.57 Å². The molecule has 0 fully saturated rings. The third kappa shape index (κ3) is 3.43. The molecular weight excluding hydrogens is 506 g/mol. The van der Waals surface area contributed by atoms with Gasteiger partial charge in [-0.05, 0) is 107 Å². The van der Waals surface area contributed by atoms with E-state index in [9.17, 15) is 0 Å². The molecule has 9 rings (SSSR count). The van der Waals surface area contributed by atoms with Gasteiger partial charge in [0, 0.05) is 34.0 Å². The molecule has 206 valence electrons. The fraction of sp³-hybridized carbons (Fsp3) is 0.268. The van der Waals surface area contributed by atoms with Crippen LogP contribution in [0.2, 0.25) is 0 Å². The van der Waals surface area contributed by atoms with Gasteiger partial charge in [0.05, 0.1) is 5.52 Å². The van der Waals surface area contributed by atoms with Gasteiger partial charge in [0.2, 0.25) is 0 Å². The zero-order valence-electron chi connectivity index (χ0n) is 24.7. The summed E-state index contributed by atoms with van der Waals surface area (Å²) in [6.07, 6.45) is 34.9. The Bertz CT molecular complexity index is 1950. The molecule has 0 spiro atoms. The lowest BCUT2D eigenvalue weighted by Gasteiger charge is -2.26. The Kier molecular flexibility index (Phi) is 5.22. The zero-order valence-corrected chi connectivity index (χ0v) is 24.7. The van der Waals surface area contributed by atoms with E-state index in [2.05, 4.69) is 122 Å². The van der Waals surface area contributed by atoms with Crippen LogP contribution in [-0.2, 0) is 18.3 Å². The van der Waals surface area contributed by atoms with Crippen molar-refractivity contribution in [2.75, 3.05) is 0 Å². The zero-order chi connectivity index (χ0) is 28.0. The van der Waals surface area contributed by atoms with E-state index in [0.29, 0.717) is 11.8 Å². The molecular formula is C41H37N. The first kappa shape index (κ1) is 24.5. The first-order chi connectivity index (χ1) is 20.6. The van der Waals surface area contributed by atoms with Gasteiger partial charge in [-0.25, -0.2) is 0 Å². The van der Waals surface area contributed by atoms with Crippen LogP contribution in [0.3, 0.4) is 0 Å². The highest BCUT2D eigenvalue weighted by Crippen LogP contribution is 2.54. The average molecular weight is 544 g/mol. The molecule has 1 aromatic heterocycles. The van der Waals surface area contributed by atoms with Crippen molar-refractivity contribution in [3.8, 4) is 0 Å². The third-order valence-electron chi connectivity index (χ3n) is 10.8. The predicted octanol–water partition coefficient (Wildman–Crippen LogP) is 10.3. The maximum absolute atomic E-state index is 2.62. The minimum atomic E-state index is -0.000751. The summed E-state index contributed by atoms with van der Waals surface area (Å²) in [4.78, 5) is 0.